The highest BCUT2D eigenvalue weighted by molar-refractivity contribution is 5.94. The molecular formula is C15H12F3NO2. The van der Waals surface area contributed by atoms with Gasteiger partial charge >= 0.3 is 0 Å². The Hall–Kier alpha value is -2.34. The van der Waals surface area contributed by atoms with E-state index < -0.39 is 41.6 Å². The normalized spacial score (nSPS) is 12.0. The van der Waals surface area contributed by atoms with Crippen molar-refractivity contribution in [3.63, 3.8) is 0 Å². The lowest BCUT2D eigenvalue weighted by Crippen LogP contribution is -2.31. The van der Waals surface area contributed by atoms with E-state index in [-0.39, 0.29) is 0 Å². The number of nitrogens with one attached hydrogen (secondary N) is 1. The third-order valence-electron chi connectivity index (χ3n) is 2.97. The van der Waals surface area contributed by atoms with Gasteiger partial charge in [0.15, 0.2) is 17.5 Å². The van der Waals surface area contributed by atoms with Gasteiger partial charge in [0.05, 0.1) is 18.2 Å². The van der Waals surface area contributed by atoms with Crippen LogP contribution in [0.4, 0.5) is 13.2 Å². The van der Waals surface area contributed by atoms with Gasteiger partial charge in [-0.15, -0.1) is 0 Å². The standard InChI is InChI=1S/C15H12F3NO2/c16-11-7-6-10(13(17)14(11)18)15(21)19-12(8-20)9-4-2-1-3-5-9/h1-7,12,20H,8H2,(H,19,21)/t12-/m0/s1. The van der Waals surface area contributed by atoms with E-state index in [4.69, 9.17) is 0 Å². The summed E-state index contributed by atoms with van der Waals surface area (Å²) in [4.78, 5) is 11.9. The largest absolute Gasteiger partial charge is 0.394 e. The maximum Gasteiger partial charge on any atom is 0.254 e. The van der Waals surface area contributed by atoms with E-state index in [2.05, 4.69) is 5.32 Å². The summed E-state index contributed by atoms with van der Waals surface area (Å²) in [6.07, 6.45) is 0. The van der Waals surface area contributed by atoms with Gasteiger partial charge in [-0.3, -0.25) is 4.79 Å². The number of halogens is 3. The van der Waals surface area contributed by atoms with Crippen molar-refractivity contribution in [2.45, 2.75) is 6.04 Å². The molecule has 0 heterocycles. The van der Waals surface area contributed by atoms with Crippen molar-refractivity contribution in [2.75, 3.05) is 6.61 Å². The molecule has 0 saturated carbocycles. The zero-order valence-electron chi connectivity index (χ0n) is 10.8. The highest BCUT2D eigenvalue weighted by Crippen LogP contribution is 2.17. The monoisotopic (exact) mass is 295 g/mol. The fraction of sp³-hybridized carbons (Fsp3) is 0.133. The molecular weight excluding hydrogens is 283 g/mol. The maximum atomic E-state index is 13.5. The van der Waals surface area contributed by atoms with Crippen molar-refractivity contribution >= 4 is 5.91 Å². The average Bonchev–Trinajstić information content (AvgIpc) is 2.51. The summed E-state index contributed by atoms with van der Waals surface area (Å²) >= 11 is 0. The minimum absolute atomic E-state index is 0.416. The molecule has 21 heavy (non-hydrogen) atoms. The minimum Gasteiger partial charge on any atom is -0.394 e. The Labute approximate surface area is 119 Å². The summed E-state index contributed by atoms with van der Waals surface area (Å²) in [5.74, 6) is -5.57. The Morgan fingerprint density at radius 3 is 2.33 bits per heavy atom. The molecule has 0 spiro atoms. The van der Waals surface area contributed by atoms with Crippen molar-refractivity contribution in [2.24, 2.45) is 0 Å². The highest BCUT2D eigenvalue weighted by atomic mass is 19.2. The second kappa shape index (κ2) is 6.41. The number of aliphatic hydroxyl groups excluding tert-OH is 1. The van der Waals surface area contributed by atoms with Crippen LogP contribution in [0.1, 0.15) is 22.0 Å². The number of carbonyl (C=O) groups is 1. The lowest BCUT2D eigenvalue weighted by molar-refractivity contribution is 0.0911. The molecule has 0 unspecified atom stereocenters. The fourth-order valence-corrected chi connectivity index (χ4v) is 1.86. The van der Waals surface area contributed by atoms with Gasteiger partial charge in [0.2, 0.25) is 0 Å². The molecule has 1 atom stereocenters. The number of benzene rings is 2. The van der Waals surface area contributed by atoms with Gasteiger partial charge < -0.3 is 10.4 Å². The second-order valence-electron chi connectivity index (χ2n) is 4.34. The van der Waals surface area contributed by atoms with E-state index >= 15 is 0 Å². The molecule has 2 N–H and O–H groups in total. The third kappa shape index (κ3) is 3.22. The molecule has 6 heteroatoms. The van der Waals surface area contributed by atoms with Crippen LogP contribution >= 0.6 is 0 Å². The van der Waals surface area contributed by atoms with E-state index in [9.17, 15) is 23.1 Å². The Balaban J connectivity index is 2.23. The number of rotatable bonds is 4. The van der Waals surface area contributed by atoms with Crippen LogP contribution in [0.15, 0.2) is 42.5 Å². The summed E-state index contributed by atoms with van der Waals surface area (Å²) in [5, 5.41) is 11.7. The Morgan fingerprint density at radius 2 is 1.71 bits per heavy atom. The van der Waals surface area contributed by atoms with Gasteiger partial charge in [-0.1, -0.05) is 30.3 Å². The van der Waals surface area contributed by atoms with Crippen LogP contribution in [-0.2, 0) is 0 Å². The topological polar surface area (TPSA) is 49.3 Å². The molecule has 0 aliphatic carbocycles. The quantitative estimate of drug-likeness (QED) is 0.852. The van der Waals surface area contributed by atoms with E-state index in [0.29, 0.717) is 11.6 Å². The molecule has 2 aromatic carbocycles. The number of hydrogen-bond acceptors (Lipinski definition) is 2. The summed E-state index contributed by atoms with van der Waals surface area (Å²) in [6.45, 7) is -0.416. The first-order chi connectivity index (χ1) is 10.0. The van der Waals surface area contributed by atoms with Gasteiger partial charge in [0.25, 0.3) is 5.91 Å². The first-order valence-corrected chi connectivity index (χ1v) is 6.14. The van der Waals surface area contributed by atoms with Crippen molar-refractivity contribution in [3.05, 3.63) is 71.0 Å². The molecule has 0 radical (unpaired) electrons. The van der Waals surface area contributed by atoms with E-state index in [1.165, 1.54) is 0 Å². The zero-order chi connectivity index (χ0) is 15.4. The van der Waals surface area contributed by atoms with Crippen molar-refractivity contribution in [1.82, 2.24) is 5.32 Å². The van der Waals surface area contributed by atoms with E-state index in [1.54, 1.807) is 30.3 Å². The molecule has 0 fully saturated rings. The van der Waals surface area contributed by atoms with Gasteiger partial charge in [-0.2, -0.15) is 0 Å². The van der Waals surface area contributed by atoms with E-state index in [0.717, 1.165) is 6.07 Å². The summed E-state index contributed by atoms with van der Waals surface area (Å²) in [5.41, 5.74) is -0.0142. The number of hydrogen-bond donors (Lipinski definition) is 2. The van der Waals surface area contributed by atoms with Gasteiger partial charge in [0.1, 0.15) is 0 Å². The van der Waals surface area contributed by atoms with Crippen LogP contribution in [0.2, 0.25) is 0 Å². The van der Waals surface area contributed by atoms with Crippen molar-refractivity contribution < 1.29 is 23.1 Å². The number of aliphatic hydroxyl groups is 1. The first kappa shape index (κ1) is 15.1. The Kier molecular flexibility index (Phi) is 4.59. The SMILES string of the molecule is O=C(N[C@@H](CO)c1ccccc1)c1ccc(F)c(F)c1F. The maximum absolute atomic E-state index is 13.5. The van der Waals surface area contributed by atoms with Crippen LogP contribution in [0.3, 0.4) is 0 Å². The molecule has 110 valence electrons. The van der Waals surface area contributed by atoms with Gasteiger partial charge in [0, 0.05) is 0 Å². The molecule has 1 amide bonds. The van der Waals surface area contributed by atoms with Crippen LogP contribution < -0.4 is 5.32 Å². The number of carbonyl (C=O) groups excluding carboxylic acids is 1. The van der Waals surface area contributed by atoms with Crippen molar-refractivity contribution in [3.8, 4) is 0 Å². The summed E-state index contributed by atoms with van der Waals surface area (Å²) < 4.78 is 39.5. The molecule has 0 aromatic heterocycles. The molecule has 0 aliphatic rings. The minimum atomic E-state index is -1.71. The molecule has 3 nitrogen and oxygen atoms in total. The van der Waals surface area contributed by atoms with Crippen molar-refractivity contribution in [1.29, 1.82) is 0 Å². The number of amides is 1. The van der Waals surface area contributed by atoms with Crippen LogP contribution in [0, 0.1) is 17.5 Å². The third-order valence-corrected chi connectivity index (χ3v) is 2.97. The Morgan fingerprint density at radius 1 is 1.05 bits per heavy atom. The molecule has 0 bridgehead atoms. The summed E-state index contributed by atoms with van der Waals surface area (Å²) in [6, 6.07) is 9.27. The highest BCUT2D eigenvalue weighted by Gasteiger charge is 2.21. The first-order valence-electron chi connectivity index (χ1n) is 6.14. The molecule has 0 aliphatic heterocycles. The van der Waals surface area contributed by atoms with Gasteiger partial charge in [-0.25, -0.2) is 13.2 Å². The fourth-order valence-electron chi connectivity index (χ4n) is 1.86. The lowest BCUT2D eigenvalue weighted by Gasteiger charge is -2.17. The van der Waals surface area contributed by atoms with E-state index in [1.807, 2.05) is 0 Å². The summed E-state index contributed by atoms with van der Waals surface area (Å²) in [7, 11) is 0. The molecule has 2 rings (SSSR count). The second-order valence-corrected chi connectivity index (χ2v) is 4.34. The molecule has 0 saturated heterocycles. The van der Waals surface area contributed by atoms with Crippen LogP contribution in [-0.4, -0.2) is 17.6 Å². The zero-order valence-corrected chi connectivity index (χ0v) is 10.8. The predicted molar refractivity (Wildman–Crippen MR) is 70.1 cm³/mol. The smallest absolute Gasteiger partial charge is 0.254 e. The van der Waals surface area contributed by atoms with Gasteiger partial charge in [-0.05, 0) is 17.7 Å². The predicted octanol–water partition coefficient (Wildman–Crippen LogP) is 2.57. The van der Waals surface area contributed by atoms with Crippen LogP contribution in [0.5, 0.6) is 0 Å². The lowest BCUT2D eigenvalue weighted by atomic mass is 10.1. The average molecular weight is 295 g/mol. The Bertz CT molecular complexity index is 647. The molecule has 2 aromatic rings. The van der Waals surface area contributed by atoms with Crippen LogP contribution in [0.25, 0.3) is 0 Å².